The Morgan fingerprint density at radius 1 is 0.372 bits per heavy atom. The number of para-hydroxylation sites is 2. The van der Waals surface area contributed by atoms with Crippen molar-refractivity contribution >= 4 is 54.3 Å². The van der Waals surface area contributed by atoms with E-state index in [4.69, 9.17) is 31.8 Å². The lowest BCUT2D eigenvalue weighted by atomic mass is 9.84. The monoisotopic (exact) mass is 572 g/mol. The number of fused-ring (bicyclic) bond motifs is 6. The maximum Gasteiger partial charge on any atom is 0.143 e. The van der Waals surface area contributed by atoms with Crippen molar-refractivity contribution in [1.82, 2.24) is 0 Å². The number of hydrogen-bond acceptors (Lipinski definition) is 1. The predicted molar refractivity (Wildman–Crippen MR) is 183 cm³/mol. The molecule has 1 aromatic heterocycles. The van der Waals surface area contributed by atoms with E-state index < -0.39 is 245 Å². The topological polar surface area (TPSA) is 13.1 Å². The van der Waals surface area contributed by atoms with Crippen molar-refractivity contribution in [1.29, 1.82) is 0 Å². The number of rotatable bonds is 3. The van der Waals surface area contributed by atoms with Crippen molar-refractivity contribution < 1.29 is 40.1 Å². The van der Waals surface area contributed by atoms with Crippen LogP contribution in [-0.2, 0) is 0 Å². The molecule has 0 fully saturated rings. The van der Waals surface area contributed by atoms with Gasteiger partial charge in [0.1, 0.15) is 11.2 Å². The molecule has 0 bridgehead atoms. The molecule has 0 aliphatic heterocycles. The molecule has 0 aliphatic carbocycles. The molecule has 0 spiro atoms. The molecule has 0 radical (unpaired) electrons. The summed E-state index contributed by atoms with van der Waals surface area (Å²) in [6.45, 7) is 0. The van der Waals surface area contributed by atoms with Crippen LogP contribution in [0.5, 0.6) is 0 Å². The van der Waals surface area contributed by atoms with Crippen molar-refractivity contribution in [3.63, 3.8) is 0 Å². The molecular weight excluding hydrogens is 520 g/mol. The number of furan rings is 1. The van der Waals surface area contributed by atoms with Gasteiger partial charge < -0.3 is 4.42 Å². The lowest BCUT2D eigenvalue weighted by Crippen LogP contribution is -1.92. The van der Waals surface area contributed by atoms with Gasteiger partial charge in [-0.3, -0.25) is 0 Å². The second-order valence-electron chi connectivity index (χ2n) is 9.26. The molecule has 0 saturated heterocycles. The third-order valence-corrected chi connectivity index (χ3v) is 7.00. The Bertz CT molecular complexity index is 3930. The van der Waals surface area contributed by atoms with E-state index in [1.807, 2.05) is 0 Å². The molecule has 1 heterocycles. The van der Waals surface area contributed by atoms with Crippen LogP contribution < -0.4 is 0 Å². The summed E-state index contributed by atoms with van der Waals surface area (Å²) in [5.74, 6) is 0. The van der Waals surface area contributed by atoms with E-state index in [0.29, 0.717) is 0 Å². The van der Waals surface area contributed by atoms with Crippen LogP contribution in [0.2, 0.25) is 0 Å². The Morgan fingerprint density at radius 3 is 1.84 bits per heavy atom. The third kappa shape index (κ3) is 3.65. The second-order valence-corrected chi connectivity index (χ2v) is 9.26. The summed E-state index contributed by atoms with van der Waals surface area (Å²) in [7, 11) is 0. The van der Waals surface area contributed by atoms with Crippen LogP contribution in [0, 0.1) is 0 Å². The van der Waals surface area contributed by atoms with Crippen LogP contribution in [-0.4, -0.2) is 0 Å². The second kappa shape index (κ2) is 9.44. The van der Waals surface area contributed by atoms with Crippen LogP contribution in [0.3, 0.4) is 0 Å². The fraction of sp³-hybridized carbons (Fsp3) is 0. The first-order chi connectivity index (χ1) is 32.2. The molecule has 0 unspecified atom stereocenters. The molecule has 200 valence electrons. The summed E-state index contributed by atoms with van der Waals surface area (Å²) >= 11 is 0. The van der Waals surface area contributed by atoms with E-state index in [9.17, 15) is 8.22 Å². The zero-order valence-electron chi connectivity index (χ0n) is 47.4. The Labute approximate surface area is 285 Å². The number of benzene rings is 8. The van der Waals surface area contributed by atoms with Crippen LogP contribution in [0.4, 0.5) is 0 Å². The molecule has 1 heteroatoms. The fourth-order valence-corrected chi connectivity index (χ4v) is 5.22. The summed E-state index contributed by atoms with van der Waals surface area (Å²) in [4.78, 5) is 0. The Balaban J connectivity index is 1.73. The maximum absolute atomic E-state index is 10.1. The van der Waals surface area contributed by atoms with Crippen molar-refractivity contribution in [2.45, 2.75) is 0 Å². The first kappa shape index (κ1) is 9.69. The quantitative estimate of drug-likeness (QED) is 0.192. The van der Waals surface area contributed by atoms with Crippen molar-refractivity contribution in [2.75, 3.05) is 0 Å². The zero-order chi connectivity index (χ0) is 51.0. The predicted octanol–water partition coefficient (Wildman–Crippen LogP) is 12.0. The van der Waals surface area contributed by atoms with Gasteiger partial charge in [-0.25, -0.2) is 0 Å². The van der Waals surface area contributed by atoms with Crippen molar-refractivity contribution in [2.24, 2.45) is 0 Å². The highest BCUT2D eigenvalue weighted by Gasteiger charge is 2.21. The van der Waals surface area contributed by atoms with Gasteiger partial charge in [0.15, 0.2) is 0 Å². The first-order valence-electron chi connectivity index (χ1n) is 25.7. The molecule has 0 atom stereocenters. The molecule has 0 aliphatic rings. The first-order valence-corrected chi connectivity index (χ1v) is 12.7. The Morgan fingerprint density at radius 2 is 0.977 bits per heavy atom. The minimum absolute atomic E-state index is 0.457. The smallest absolute Gasteiger partial charge is 0.143 e. The minimum Gasteiger partial charge on any atom is -0.455 e. The van der Waals surface area contributed by atoms with Crippen LogP contribution in [0.1, 0.15) is 35.6 Å². The molecule has 9 aromatic rings. The molecule has 9 rings (SSSR count). The highest BCUT2D eigenvalue weighted by atomic mass is 16.3. The highest BCUT2D eigenvalue weighted by molar-refractivity contribution is 6.24. The highest BCUT2D eigenvalue weighted by Crippen LogP contribution is 2.47. The van der Waals surface area contributed by atoms with E-state index in [0.717, 1.165) is 0 Å². The summed E-state index contributed by atoms with van der Waals surface area (Å²) in [5, 5.41) is -5.26. The fourth-order valence-electron chi connectivity index (χ4n) is 5.22. The van der Waals surface area contributed by atoms with E-state index in [1.54, 1.807) is 0 Å². The average Bonchev–Trinajstić information content (AvgIpc) is 3.72. The molecule has 0 saturated carbocycles. The average molecular weight is 573 g/mol. The van der Waals surface area contributed by atoms with Gasteiger partial charge >= 0.3 is 0 Å². The lowest BCUT2D eigenvalue weighted by molar-refractivity contribution is 0.670. The summed E-state index contributed by atoms with van der Waals surface area (Å²) in [5.41, 5.74) is -5.89. The molecule has 0 amide bonds. The van der Waals surface area contributed by atoms with Gasteiger partial charge in [0.25, 0.3) is 0 Å². The molecule has 8 aromatic carbocycles. The minimum atomic E-state index is -1.07. The molecule has 43 heavy (non-hydrogen) atoms. The summed E-state index contributed by atoms with van der Waals surface area (Å²) in [6.07, 6.45) is 0. The standard InChI is InChI=1S/C42H26O/c1-2-13-28(14-3-1)40-33-18-6-7-19-34(33)41(37-22-11-21-36-32-17-8-9-23-39(32)43-42(36)37)38-26-29(24-25-35(38)40)31-20-10-15-27-12-4-5-16-30(27)31/h1-26H/i1D,2D,3D,4D,5D,6D,7D,8D,9D,10D,11D,12D,13D,14D,15D,16D,17D,18D,19D,20D,21D,22D,23D,24D,25D,26D. The van der Waals surface area contributed by atoms with Gasteiger partial charge in [0.2, 0.25) is 0 Å². The van der Waals surface area contributed by atoms with Crippen LogP contribution in [0.25, 0.3) is 87.6 Å². The molecule has 1 nitrogen and oxygen atoms in total. The van der Waals surface area contributed by atoms with Gasteiger partial charge in [-0.1, -0.05) is 145 Å². The Hall–Kier alpha value is -5.66. The Kier molecular flexibility index (Phi) is 2.13. The lowest BCUT2D eigenvalue weighted by Gasteiger charge is -2.19. The van der Waals surface area contributed by atoms with E-state index in [-0.39, 0.29) is 0 Å². The van der Waals surface area contributed by atoms with Gasteiger partial charge in [-0.05, 0) is 66.7 Å². The van der Waals surface area contributed by atoms with Gasteiger partial charge in [-0.2, -0.15) is 0 Å². The largest absolute Gasteiger partial charge is 0.455 e. The molecular formula is C42H26O. The summed E-state index contributed by atoms with van der Waals surface area (Å²) in [6, 6.07) is -24.1. The van der Waals surface area contributed by atoms with Crippen LogP contribution in [0.15, 0.2) is 162 Å². The van der Waals surface area contributed by atoms with Gasteiger partial charge in [0, 0.05) is 21.9 Å². The van der Waals surface area contributed by atoms with E-state index in [2.05, 4.69) is 0 Å². The summed E-state index contributed by atoms with van der Waals surface area (Å²) < 4.78 is 239. The van der Waals surface area contributed by atoms with Crippen LogP contribution >= 0.6 is 0 Å². The van der Waals surface area contributed by atoms with E-state index in [1.165, 1.54) is 0 Å². The van der Waals surface area contributed by atoms with Gasteiger partial charge in [0.05, 0.1) is 35.6 Å². The third-order valence-electron chi connectivity index (χ3n) is 7.00. The molecule has 0 N–H and O–H groups in total. The van der Waals surface area contributed by atoms with Gasteiger partial charge in [-0.15, -0.1) is 0 Å². The van der Waals surface area contributed by atoms with E-state index >= 15 is 0 Å². The number of hydrogen-bond donors (Lipinski definition) is 0. The SMILES string of the molecule is [2H]c1c([2H])c([2H])c(-c2c3c([2H])c([2H])c([2H])c([2H])c3c(-c3c([2H])c([2H])c([2H])c4c3oc3c([2H])c([2H])c([2H])c([2H])c34)c3c([2H])c(-c4c([2H])c([2H])c([2H])c5c([2H])c([2H])c([2H])c([2H])c45)c([2H])c([2H])c23)c([2H])c1[2H]. The zero-order valence-corrected chi connectivity index (χ0v) is 21.4. The normalized spacial score (nSPS) is 20.2. The van der Waals surface area contributed by atoms with Crippen molar-refractivity contribution in [3.8, 4) is 33.4 Å². The van der Waals surface area contributed by atoms with Crippen molar-refractivity contribution in [3.05, 3.63) is 157 Å². The maximum atomic E-state index is 10.1.